The summed E-state index contributed by atoms with van der Waals surface area (Å²) in [6.07, 6.45) is 1.53. The Morgan fingerprint density at radius 3 is 2.47 bits per heavy atom. The highest BCUT2D eigenvalue weighted by Gasteiger charge is 2.25. The van der Waals surface area contributed by atoms with Crippen LogP contribution in [0.25, 0.3) is 0 Å². The van der Waals surface area contributed by atoms with Crippen LogP contribution in [0.3, 0.4) is 0 Å². The zero-order valence-electron chi connectivity index (χ0n) is 9.92. The van der Waals surface area contributed by atoms with E-state index in [1.807, 2.05) is 0 Å². The molecule has 0 spiro atoms. The third-order valence-electron chi connectivity index (χ3n) is 2.95. The van der Waals surface area contributed by atoms with E-state index in [1.165, 1.54) is 6.07 Å². The maximum absolute atomic E-state index is 12.3. The number of rotatable bonds is 3. The molecule has 8 heteroatoms. The van der Waals surface area contributed by atoms with E-state index < -0.39 is 10.0 Å². The van der Waals surface area contributed by atoms with Crippen molar-refractivity contribution in [1.29, 1.82) is 0 Å². The molecule has 0 radical (unpaired) electrons. The summed E-state index contributed by atoms with van der Waals surface area (Å²) in [5, 5.41) is 3.42. The van der Waals surface area contributed by atoms with Gasteiger partial charge in [-0.25, -0.2) is 13.1 Å². The lowest BCUT2D eigenvalue weighted by atomic mass is 10.1. The molecule has 1 aromatic rings. The van der Waals surface area contributed by atoms with Crippen LogP contribution >= 0.6 is 39.1 Å². The summed E-state index contributed by atoms with van der Waals surface area (Å²) in [5.74, 6) is 0. The van der Waals surface area contributed by atoms with Crippen LogP contribution in [0.4, 0.5) is 0 Å². The van der Waals surface area contributed by atoms with Crippen molar-refractivity contribution in [3.63, 3.8) is 0 Å². The largest absolute Gasteiger partial charge is 0.317 e. The van der Waals surface area contributed by atoms with Crippen molar-refractivity contribution in [2.75, 3.05) is 13.1 Å². The van der Waals surface area contributed by atoms with Crippen LogP contribution < -0.4 is 10.0 Å². The lowest BCUT2D eigenvalue weighted by Crippen LogP contribution is -2.42. The van der Waals surface area contributed by atoms with Gasteiger partial charge in [-0.1, -0.05) is 23.2 Å². The molecule has 1 fully saturated rings. The molecular formula is C11H13BrCl2N2O2S. The molecule has 106 valence electrons. The molecule has 1 aliphatic heterocycles. The maximum atomic E-state index is 12.3. The fourth-order valence-electron chi connectivity index (χ4n) is 1.94. The van der Waals surface area contributed by atoms with Gasteiger partial charge in [0.15, 0.2) is 0 Å². The number of hydrogen-bond donors (Lipinski definition) is 2. The van der Waals surface area contributed by atoms with Gasteiger partial charge in [0, 0.05) is 10.5 Å². The molecule has 19 heavy (non-hydrogen) atoms. The molecule has 1 heterocycles. The zero-order chi connectivity index (χ0) is 14.0. The van der Waals surface area contributed by atoms with Crippen LogP contribution in [0, 0.1) is 0 Å². The Morgan fingerprint density at radius 1 is 1.21 bits per heavy atom. The Morgan fingerprint density at radius 2 is 1.84 bits per heavy atom. The van der Waals surface area contributed by atoms with Crippen LogP contribution in [-0.2, 0) is 10.0 Å². The summed E-state index contributed by atoms with van der Waals surface area (Å²) in [6, 6.07) is 2.96. The Balaban J connectivity index is 2.26. The maximum Gasteiger partial charge on any atom is 0.242 e. The minimum absolute atomic E-state index is 0.0147. The fourth-order valence-corrected chi connectivity index (χ4v) is 4.46. The molecular weight excluding hydrogens is 375 g/mol. The van der Waals surface area contributed by atoms with Crippen molar-refractivity contribution in [2.45, 2.75) is 23.8 Å². The van der Waals surface area contributed by atoms with Crippen molar-refractivity contribution in [2.24, 2.45) is 0 Å². The van der Waals surface area contributed by atoms with Gasteiger partial charge in [-0.15, -0.1) is 0 Å². The Hall–Kier alpha value is 0.150. The smallest absolute Gasteiger partial charge is 0.242 e. The number of benzene rings is 1. The van der Waals surface area contributed by atoms with E-state index in [4.69, 9.17) is 23.2 Å². The van der Waals surface area contributed by atoms with E-state index in [0.717, 1.165) is 25.9 Å². The molecule has 1 aliphatic rings. The van der Waals surface area contributed by atoms with Crippen molar-refractivity contribution >= 4 is 49.2 Å². The quantitative estimate of drug-likeness (QED) is 0.784. The van der Waals surface area contributed by atoms with Crippen LogP contribution in [-0.4, -0.2) is 27.5 Å². The highest BCUT2D eigenvalue weighted by Crippen LogP contribution is 2.35. The number of sulfonamides is 1. The van der Waals surface area contributed by atoms with Gasteiger partial charge >= 0.3 is 0 Å². The minimum atomic E-state index is -3.64. The summed E-state index contributed by atoms with van der Waals surface area (Å²) >= 11 is 15.2. The predicted molar refractivity (Wildman–Crippen MR) is 80.4 cm³/mol. The molecule has 1 saturated heterocycles. The second-order valence-corrected chi connectivity index (χ2v) is 7.61. The molecule has 0 amide bonds. The molecule has 0 unspecified atom stereocenters. The molecule has 1 aromatic carbocycles. The highest BCUT2D eigenvalue weighted by molar-refractivity contribution is 9.10. The summed E-state index contributed by atoms with van der Waals surface area (Å²) in [7, 11) is -3.64. The van der Waals surface area contributed by atoms with Crippen molar-refractivity contribution in [3.05, 3.63) is 26.7 Å². The van der Waals surface area contributed by atoms with Crippen molar-refractivity contribution in [1.82, 2.24) is 10.0 Å². The first-order valence-corrected chi connectivity index (χ1v) is 8.81. The van der Waals surface area contributed by atoms with E-state index >= 15 is 0 Å². The average Bonchev–Trinajstić information content (AvgIpc) is 2.36. The monoisotopic (exact) mass is 386 g/mol. The predicted octanol–water partition coefficient (Wildman–Crippen LogP) is 2.79. The van der Waals surface area contributed by atoms with Crippen LogP contribution in [0.5, 0.6) is 0 Å². The number of nitrogens with one attached hydrogen (secondary N) is 2. The van der Waals surface area contributed by atoms with Crippen molar-refractivity contribution < 1.29 is 8.42 Å². The molecule has 4 nitrogen and oxygen atoms in total. The molecule has 2 N–H and O–H groups in total. The summed E-state index contributed by atoms with van der Waals surface area (Å²) in [4.78, 5) is 0.0147. The topological polar surface area (TPSA) is 58.2 Å². The van der Waals surface area contributed by atoms with Crippen LogP contribution in [0.15, 0.2) is 21.5 Å². The van der Waals surface area contributed by atoms with Crippen molar-refractivity contribution in [3.8, 4) is 0 Å². The van der Waals surface area contributed by atoms with Gasteiger partial charge in [0.05, 0.1) is 10.0 Å². The molecule has 0 bridgehead atoms. The summed E-state index contributed by atoms with van der Waals surface area (Å²) < 4.78 is 27.8. The van der Waals surface area contributed by atoms with E-state index in [1.54, 1.807) is 6.07 Å². The lowest BCUT2D eigenvalue weighted by molar-refractivity contribution is 0.427. The third kappa shape index (κ3) is 3.62. The van der Waals surface area contributed by atoms with E-state index in [2.05, 4.69) is 26.0 Å². The molecule has 0 aromatic heterocycles. The first-order valence-electron chi connectivity index (χ1n) is 5.78. The van der Waals surface area contributed by atoms with Crippen LogP contribution in [0.2, 0.25) is 10.0 Å². The van der Waals surface area contributed by atoms with Gasteiger partial charge in [-0.2, -0.15) is 0 Å². The first-order chi connectivity index (χ1) is 8.92. The zero-order valence-corrected chi connectivity index (χ0v) is 13.8. The van der Waals surface area contributed by atoms with Gasteiger partial charge in [0.1, 0.15) is 4.90 Å². The first kappa shape index (κ1) is 15.5. The van der Waals surface area contributed by atoms with Crippen LogP contribution in [0.1, 0.15) is 12.8 Å². The average molecular weight is 388 g/mol. The number of halogens is 3. The van der Waals surface area contributed by atoms with Gasteiger partial charge in [-0.05, 0) is 54.0 Å². The highest BCUT2D eigenvalue weighted by atomic mass is 79.9. The van der Waals surface area contributed by atoms with E-state index in [-0.39, 0.29) is 21.0 Å². The summed E-state index contributed by atoms with van der Waals surface area (Å²) in [6.45, 7) is 1.62. The molecule has 0 atom stereocenters. The molecule has 0 saturated carbocycles. The second-order valence-electron chi connectivity index (χ2n) is 4.32. The molecule has 2 rings (SSSR count). The Kier molecular flexibility index (Phi) is 5.14. The number of piperidine rings is 1. The molecule has 0 aliphatic carbocycles. The lowest BCUT2D eigenvalue weighted by Gasteiger charge is -2.23. The summed E-state index contributed by atoms with van der Waals surface area (Å²) in [5.41, 5.74) is 0. The third-order valence-corrected chi connectivity index (χ3v) is 6.40. The fraction of sp³-hybridized carbons (Fsp3) is 0.455. The van der Waals surface area contributed by atoms with E-state index in [0.29, 0.717) is 4.47 Å². The second kappa shape index (κ2) is 6.28. The van der Waals surface area contributed by atoms with E-state index in [9.17, 15) is 8.42 Å². The van der Waals surface area contributed by atoms with Gasteiger partial charge in [-0.3, -0.25) is 0 Å². The normalized spacial score (nSPS) is 17.6. The Bertz CT molecular complexity index is 574. The SMILES string of the molecule is O=S(=O)(NC1CCNCC1)c1ccc(Br)c(Cl)c1Cl. The minimum Gasteiger partial charge on any atom is -0.317 e. The van der Waals surface area contributed by atoms with Gasteiger partial charge in [0.25, 0.3) is 0 Å². The standard InChI is InChI=1S/C11H13BrCl2N2O2S/c12-8-1-2-9(11(14)10(8)13)19(17,18)16-7-3-5-15-6-4-7/h1-2,7,15-16H,3-6H2. The number of hydrogen-bond acceptors (Lipinski definition) is 3. The van der Waals surface area contributed by atoms with Gasteiger partial charge in [0.2, 0.25) is 10.0 Å². The Labute approximate surface area is 131 Å². The van der Waals surface area contributed by atoms with Gasteiger partial charge < -0.3 is 5.32 Å².